The normalized spacial score (nSPS) is 16.5. The van der Waals surface area contributed by atoms with Gasteiger partial charge in [0.2, 0.25) is 5.91 Å². The van der Waals surface area contributed by atoms with Crippen LogP contribution in [0.25, 0.3) is 0 Å². The first-order valence-electron chi connectivity index (χ1n) is 8.93. The lowest BCUT2D eigenvalue weighted by molar-refractivity contribution is -0.127. The number of rotatable bonds is 7. The highest BCUT2D eigenvalue weighted by Crippen LogP contribution is 2.17. The Balaban J connectivity index is 1.36. The van der Waals surface area contributed by atoms with Crippen LogP contribution in [0.3, 0.4) is 0 Å². The van der Waals surface area contributed by atoms with Gasteiger partial charge in [-0.2, -0.15) is 0 Å². The van der Waals surface area contributed by atoms with Crippen LogP contribution in [-0.2, 0) is 17.8 Å². The van der Waals surface area contributed by atoms with Gasteiger partial charge in [0.1, 0.15) is 0 Å². The molecule has 2 N–H and O–H groups in total. The maximum absolute atomic E-state index is 12.2. The number of aromatic nitrogens is 1. The molecule has 6 nitrogen and oxygen atoms in total. The van der Waals surface area contributed by atoms with E-state index in [1.165, 1.54) is 5.56 Å². The maximum atomic E-state index is 12.2. The molecule has 6 heteroatoms. The molecule has 1 aromatic heterocycles. The summed E-state index contributed by atoms with van der Waals surface area (Å²) in [5.74, 6) is 0.339. The minimum absolute atomic E-state index is 0.169. The van der Waals surface area contributed by atoms with Crippen molar-refractivity contribution < 1.29 is 9.59 Å². The van der Waals surface area contributed by atoms with Gasteiger partial charge in [0.25, 0.3) is 0 Å². The predicted molar refractivity (Wildman–Crippen MR) is 99.3 cm³/mol. The van der Waals surface area contributed by atoms with Gasteiger partial charge in [-0.3, -0.25) is 9.78 Å². The topological polar surface area (TPSA) is 74.3 Å². The third kappa shape index (κ3) is 5.31. The number of nitrogens with one attached hydrogen (secondary N) is 2. The molecule has 1 saturated heterocycles. The number of likely N-dealkylation sites (tertiary alicyclic amines) is 1. The highest BCUT2D eigenvalue weighted by Gasteiger charge is 2.29. The molecule has 136 valence electrons. The SMILES string of the molecule is O=C(NCc1cccnc1)NC[C@H]1CC(=O)N(CCc2ccccc2)C1. The Kier molecular flexibility index (Phi) is 6.19. The Hall–Kier alpha value is -2.89. The zero-order valence-electron chi connectivity index (χ0n) is 14.7. The second-order valence-electron chi connectivity index (χ2n) is 6.57. The lowest BCUT2D eigenvalue weighted by atomic mass is 10.1. The number of nitrogens with zero attached hydrogens (tertiary/aromatic N) is 2. The van der Waals surface area contributed by atoms with E-state index in [9.17, 15) is 9.59 Å². The second-order valence-corrected chi connectivity index (χ2v) is 6.57. The van der Waals surface area contributed by atoms with Crippen molar-refractivity contribution in [3.63, 3.8) is 0 Å². The van der Waals surface area contributed by atoms with Crippen LogP contribution in [0.5, 0.6) is 0 Å². The molecule has 3 amide bonds. The Labute approximate surface area is 153 Å². The summed E-state index contributed by atoms with van der Waals surface area (Å²) in [5.41, 5.74) is 2.18. The number of urea groups is 1. The summed E-state index contributed by atoms with van der Waals surface area (Å²) in [5, 5.41) is 5.66. The molecule has 0 spiro atoms. The number of carbonyl (C=O) groups is 2. The van der Waals surface area contributed by atoms with Crippen molar-refractivity contribution in [3.8, 4) is 0 Å². The minimum atomic E-state index is -0.218. The van der Waals surface area contributed by atoms with Crippen LogP contribution < -0.4 is 10.6 Å². The fraction of sp³-hybridized carbons (Fsp3) is 0.350. The fourth-order valence-electron chi connectivity index (χ4n) is 3.10. The van der Waals surface area contributed by atoms with Crippen LogP contribution in [0.15, 0.2) is 54.9 Å². The van der Waals surface area contributed by atoms with Gasteiger partial charge in [0, 0.05) is 50.9 Å². The van der Waals surface area contributed by atoms with Crippen molar-refractivity contribution in [1.82, 2.24) is 20.5 Å². The maximum Gasteiger partial charge on any atom is 0.315 e. The fourth-order valence-corrected chi connectivity index (χ4v) is 3.10. The van der Waals surface area contributed by atoms with Crippen molar-refractivity contribution in [2.75, 3.05) is 19.6 Å². The predicted octanol–water partition coefficient (Wildman–Crippen LogP) is 1.97. The molecule has 0 saturated carbocycles. The molecule has 1 fully saturated rings. The molecule has 1 aliphatic heterocycles. The number of hydrogen-bond donors (Lipinski definition) is 2. The first kappa shape index (κ1) is 17.9. The number of benzene rings is 1. The lowest BCUT2D eigenvalue weighted by Crippen LogP contribution is -2.38. The molecular formula is C20H24N4O2. The average Bonchev–Trinajstić information content (AvgIpc) is 3.04. The first-order chi connectivity index (χ1) is 12.7. The number of hydrogen-bond acceptors (Lipinski definition) is 3. The summed E-state index contributed by atoms with van der Waals surface area (Å²) in [6, 6.07) is 13.7. The van der Waals surface area contributed by atoms with E-state index in [4.69, 9.17) is 0 Å². The zero-order chi connectivity index (χ0) is 18.2. The van der Waals surface area contributed by atoms with Crippen LogP contribution in [0.4, 0.5) is 4.79 Å². The first-order valence-corrected chi connectivity index (χ1v) is 8.93. The van der Waals surface area contributed by atoms with Crippen LogP contribution in [0.1, 0.15) is 17.5 Å². The van der Waals surface area contributed by atoms with Gasteiger partial charge < -0.3 is 15.5 Å². The van der Waals surface area contributed by atoms with E-state index in [1.54, 1.807) is 12.4 Å². The monoisotopic (exact) mass is 352 g/mol. The van der Waals surface area contributed by atoms with Crippen LogP contribution in [0, 0.1) is 5.92 Å². The van der Waals surface area contributed by atoms with Gasteiger partial charge in [0.15, 0.2) is 0 Å². The molecule has 0 bridgehead atoms. The minimum Gasteiger partial charge on any atom is -0.342 e. The Morgan fingerprint density at radius 1 is 1.12 bits per heavy atom. The lowest BCUT2D eigenvalue weighted by Gasteiger charge is -2.17. The summed E-state index contributed by atoms with van der Waals surface area (Å²) in [6.45, 7) is 2.38. The van der Waals surface area contributed by atoms with E-state index in [-0.39, 0.29) is 17.9 Å². The summed E-state index contributed by atoms with van der Waals surface area (Å²) in [7, 11) is 0. The molecule has 26 heavy (non-hydrogen) atoms. The molecule has 2 heterocycles. The molecule has 1 atom stereocenters. The number of carbonyl (C=O) groups excluding carboxylic acids is 2. The molecule has 1 aliphatic rings. The van der Waals surface area contributed by atoms with Gasteiger partial charge >= 0.3 is 6.03 Å². The van der Waals surface area contributed by atoms with E-state index >= 15 is 0 Å². The van der Waals surface area contributed by atoms with Crippen LogP contribution in [0.2, 0.25) is 0 Å². The van der Waals surface area contributed by atoms with Gasteiger partial charge in [-0.1, -0.05) is 36.4 Å². The standard InChI is InChI=1S/C20H24N4O2/c25-19-11-18(15-24(19)10-8-16-5-2-1-3-6-16)14-23-20(26)22-13-17-7-4-9-21-12-17/h1-7,9,12,18H,8,10-11,13-15H2,(H2,22,23,26)/t18-/m1/s1. The van der Waals surface area contributed by atoms with Crippen molar-refractivity contribution >= 4 is 11.9 Å². The molecule has 0 radical (unpaired) electrons. The van der Waals surface area contributed by atoms with Crippen molar-refractivity contribution in [2.24, 2.45) is 5.92 Å². The van der Waals surface area contributed by atoms with Gasteiger partial charge in [-0.15, -0.1) is 0 Å². The van der Waals surface area contributed by atoms with E-state index in [0.29, 0.717) is 26.1 Å². The van der Waals surface area contributed by atoms with E-state index in [2.05, 4.69) is 27.8 Å². The van der Waals surface area contributed by atoms with E-state index < -0.39 is 0 Å². The Morgan fingerprint density at radius 2 is 1.92 bits per heavy atom. The van der Waals surface area contributed by atoms with Gasteiger partial charge in [-0.25, -0.2) is 4.79 Å². The average molecular weight is 352 g/mol. The molecule has 0 aliphatic carbocycles. The van der Waals surface area contributed by atoms with E-state index in [1.807, 2.05) is 35.2 Å². The molecule has 2 aromatic rings. The summed E-state index contributed by atoms with van der Waals surface area (Å²) in [6.07, 6.45) is 4.78. The van der Waals surface area contributed by atoms with Crippen molar-refractivity contribution in [2.45, 2.75) is 19.4 Å². The Bertz CT molecular complexity index is 721. The largest absolute Gasteiger partial charge is 0.342 e. The zero-order valence-corrected chi connectivity index (χ0v) is 14.7. The highest BCUT2D eigenvalue weighted by molar-refractivity contribution is 5.79. The van der Waals surface area contributed by atoms with Crippen LogP contribution >= 0.6 is 0 Å². The second kappa shape index (κ2) is 8.99. The number of pyridine rings is 1. The molecule has 0 unspecified atom stereocenters. The van der Waals surface area contributed by atoms with Gasteiger partial charge in [-0.05, 0) is 23.6 Å². The molecule has 1 aromatic carbocycles. The summed E-state index contributed by atoms with van der Waals surface area (Å²) < 4.78 is 0. The quantitative estimate of drug-likeness (QED) is 0.800. The third-order valence-corrected chi connectivity index (χ3v) is 4.53. The smallest absolute Gasteiger partial charge is 0.315 e. The molecule has 3 rings (SSSR count). The van der Waals surface area contributed by atoms with Crippen molar-refractivity contribution in [1.29, 1.82) is 0 Å². The van der Waals surface area contributed by atoms with Crippen LogP contribution in [-0.4, -0.2) is 41.5 Å². The van der Waals surface area contributed by atoms with E-state index in [0.717, 1.165) is 18.5 Å². The number of amides is 3. The van der Waals surface area contributed by atoms with Gasteiger partial charge in [0.05, 0.1) is 0 Å². The third-order valence-electron chi connectivity index (χ3n) is 4.53. The van der Waals surface area contributed by atoms with Crippen molar-refractivity contribution in [3.05, 3.63) is 66.0 Å². The molecular weight excluding hydrogens is 328 g/mol. The highest BCUT2D eigenvalue weighted by atomic mass is 16.2. The summed E-state index contributed by atoms with van der Waals surface area (Å²) in [4.78, 5) is 30.0. The summed E-state index contributed by atoms with van der Waals surface area (Å²) >= 11 is 0. The Morgan fingerprint density at radius 3 is 2.69 bits per heavy atom.